The number of para-hydroxylation sites is 1. The van der Waals surface area contributed by atoms with Crippen molar-refractivity contribution in [1.29, 1.82) is 0 Å². The van der Waals surface area contributed by atoms with Crippen molar-refractivity contribution in [3.63, 3.8) is 0 Å². The van der Waals surface area contributed by atoms with Gasteiger partial charge >= 0.3 is 8.28 Å². The third-order valence-corrected chi connectivity index (χ3v) is 5.14. The molecule has 0 radical (unpaired) electrons. The number of halogens is 1. The topological polar surface area (TPSA) is 22.0 Å². The lowest BCUT2D eigenvalue weighted by Gasteiger charge is -2.09. The summed E-state index contributed by atoms with van der Waals surface area (Å²) in [4.78, 5) is 1.82. The average Bonchev–Trinajstić information content (AvgIpc) is 2.36. The Morgan fingerprint density at radius 3 is 2.59 bits per heavy atom. The van der Waals surface area contributed by atoms with E-state index in [-0.39, 0.29) is 0 Å². The lowest BCUT2D eigenvalue weighted by atomic mass is 10.3. The van der Waals surface area contributed by atoms with Crippen molar-refractivity contribution in [1.82, 2.24) is 4.57 Å². The van der Waals surface area contributed by atoms with Gasteiger partial charge in [0.05, 0.1) is 0 Å². The molecule has 3 aromatic rings. The van der Waals surface area contributed by atoms with Crippen LogP contribution >= 0.6 is 11.6 Å². The summed E-state index contributed by atoms with van der Waals surface area (Å²) >= 11 is 6.00. The molecule has 0 aliphatic heterocycles. The Hall–Kier alpha value is -1.45. The van der Waals surface area contributed by atoms with Gasteiger partial charge in [-0.2, -0.15) is 0 Å². The number of aryl methyl sites for hydroxylation is 1. The molecule has 3 rings (SSSR count). The number of rotatable bonds is 0. The fourth-order valence-electron chi connectivity index (χ4n) is 2.21. The number of fused-ring (bicyclic) bond motifs is 2. The molecule has 0 aliphatic rings. The molecular formula is C13H10ClNOSi. The standard InChI is InChI=1S/C13H10ClNOSi/c1-15-10-4-2-3-5-12(10)17(16)13-7-6-9(14)8-11(13)15/h2-8H,1H3. The van der Waals surface area contributed by atoms with Gasteiger partial charge in [0, 0.05) is 33.1 Å². The first kappa shape index (κ1) is 10.7. The smallest absolute Gasteiger partial charge is 0.351 e. The normalized spacial score (nSPS) is 11.2. The zero-order valence-corrected chi connectivity index (χ0v) is 11.0. The Bertz CT molecular complexity index is 794. The summed E-state index contributed by atoms with van der Waals surface area (Å²) < 4.78 is 14.5. The van der Waals surface area contributed by atoms with E-state index in [0.29, 0.717) is 5.02 Å². The van der Waals surface area contributed by atoms with Crippen LogP contribution in [0.25, 0.3) is 21.0 Å². The zero-order chi connectivity index (χ0) is 12.0. The van der Waals surface area contributed by atoms with Crippen molar-refractivity contribution in [2.24, 2.45) is 7.05 Å². The van der Waals surface area contributed by atoms with Crippen LogP contribution in [0.4, 0.5) is 0 Å². The molecule has 0 atom stereocenters. The molecule has 0 fully saturated rings. The van der Waals surface area contributed by atoms with E-state index in [0.717, 1.165) is 21.0 Å². The quantitative estimate of drug-likeness (QED) is 0.447. The van der Waals surface area contributed by atoms with Gasteiger partial charge in [0.15, 0.2) is 0 Å². The highest BCUT2D eigenvalue weighted by Crippen LogP contribution is 2.22. The van der Waals surface area contributed by atoms with E-state index in [1.54, 1.807) is 6.07 Å². The van der Waals surface area contributed by atoms with E-state index in [1.165, 1.54) is 0 Å². The summed E-state index contributed by atoms with van der Waals surface area (Å²) in [6.45, 7) is 0. The number of hydrogen-bond donors (Lipinski definition) is 0. The van der Waals surface area contributed by atoms with Gasteiger partial charge in [-0.05, 0) is 18.2 Å². The van der Waals surface area contributed by atoms with Gasteiger partial charge < -0.3 is 9.03 Å². The summed E-state index contributed by atoms with van der Waals surface area (Å²) in [5.41, 5.74) is 1.95. The Kier molecular flexibility index (Phi) is 2.38. The number of nitrogens with zero attached hydrogens (tertiary/aromatic N) is 1. The SMILES string of the molecule is Cn1c2ccccc2[si](=O)c2ccc(Cl)cc21. The van der Waals surface area contributed by atoms with Gasteiger partial charge in [-0.1, -0.05) is 35.9 Å². The minimum Gasteiger partial charge on any atom is -0.376 e. The molecule has 4 heteroatoms. The third-order valence-electron chi connectivity index (χ3n) is 3.08. The van der Waals surface area contributed by atoms with Crippen molar-refractivity contribution >= 4 is 40.9 Å². The second-order valence-corrected chi connectivity index (χ2v) is 6.24. The van der Waals surface area contributed by atoms with E-state index in [4.69, 9.17) is 11.6 Å². The molecule has 1 heterocycles. The molecule has 0 saturated carbocycles. The van der Waals surface area contributed by atoms with Gasteiger partial charge in [0.25, 0.3) is 0 Å². The maximum absolute atomic E-state index is 12.5. The van der Waals surface area contributed by atoms with Crippen molar-refractivity contribution in [2.45, 2.75) is 0 Å². The molecule has 1 aromatic heterocycles. The minimum atomic E-state index is -1.91. The van der Waals surface area contributed by atoms with E-state index in [9.17, 15) is 4.46 Å². The Labute approximate surface area is 105 Å². The second kappa shape index (κ2) is 3.79. The highest BCUT2D eigenvalue weighted by molar-refractivity contribution is 6.64. The molecule has 0 bridgehead atoms. The monoisotopic (exact) mass is 259 g/mol. The molecule has 0 amide bonds. The van der Waals surface area contributed by atoms with Crippen LogP contribution in [-0.4, -0.2) is 12.9 Å². The fourth-order valence-corrected chi connectivity index (χ4v) is 4.10. The van der Waals surface area contributed by atoms with Crippen molar-refractivity contribution in [3.05, 3.63) is 47.5 Å². The van der Waals surface area contributed by atoms with Crippen molar-refractivity contribution in [3.8, 4) is 0 Å². The predicted octanol–water partition coefficient (Wildman–Crippen LogP) is 3.49. The van der Waals surface area contributed by atoms with E-state index in [2.05, 4.69) is 0 Å². The molecule has 0 spiro atoms. The van der Waals surface area contributed by atoms with Gasteiger partial charge in [-0.3, -0.25) is 0 Å². The molecule has 0 unspecified atom stereocenters. The molecule has 2 nitrogen and oxygen atoms in total. The van der Waals surface area contributed by atoms with Gasteiger partial charge in [-0.15, -0.1) is 0 Å². The first-order chi connectivity index (χ1) is 8.18. The van der Waals surface area contributed by atoms with Crippen LogP contribution < -0.4 is 0 Å². The van der Waals surface area contributed by atoms with Gasteiger partial charge in [0.2, 0.25) is 0 Å². The lowest BCUT2D eigenvalue weighted by molar-refractivity contribution is 0.581. The third kappa shape index (κ3) is 1.54. The van der Waals surface area contributed by atoms with Crippen LogP contribution in [0, 0.1) is 0 Å². The van der Waals surface area contributed by atoms with Crippen LogP contribution in [0.5, 0.6) is 0 Å². The highest BCUT2D eigenvalue weighted by atomic mass is 35.5. The van der Waals surface area contributed by atoms with E-state index < -0.39 is 8.28 Å². The Balaban J connectivity index is 2.68. The van der Waals surface area contributed by atoms with E-state index in [1.807, 2.05) is 48.0 Å². The summed E-state index contributed by atoms with van der Waals surface area (Å²) in [5, 5.41) is 0.671. The van der Waals surface area contributed by atoms with E-state index >= 15 is 0 Å². The van der Waals surface area contributed by atoms with Crippen LogP contribution in [-0.2, 0) is 11.5 Å². The molecule has 17 heavy (non-hydrogen) atoms. The fraction of sp³-hybridized carbons (Fsp3) is 0.0769. The Morgan fingerprint density at radius 1 is 1.06 bits per heavy atom. The first-order valence-corrected chi connectivity index (χ1v) is 7.14. The highest BCUT2D eigenvalue weighted by Gasteiger charge is 2.09. The lowest BCUT2D eigenvalue weighted by Crippen LogP contribution is -2.00. The predicted molar refractivity (Wildman–Crippen MR) is 71.9 cm³/mol. The maximum Gasteiger partial charge on any atom is 0.351 e. The minimum absolute atomic E-state index is 0.671. The number of aromatic nitrogens is 1. The van der Waals surface area contributed by atoms with Gasteiger partial charge in [-0.25, -0.2) is 0 Å². The number of hydrogen-bond acceptors (Lipinski definition) is 1. The molecule has 0 aliphatic carbocycles. The summed E-state index contributed by atoms with van der Waals surface area (Å²) in [6, 6.07) is 13.3. The van der Waals surface area contributed by atoms with Crippen molar-refractivity contribution < 1.29 is 4.46 Å². The summed E-state index contributed by atoms with van der Waals surface area (Å²) in [7, 11) is 0.0686. The number of benzene rings is 2. The summed E-state index contributed by atoms with van der Waals surface area (Å²) in [5.74, 6) is 0. The van der Waals surface area contributed by atoms with Gasteiger partial charge in [0.1, 0.15) is 0 Å². The second-order valence-electron chi connectivity index (χ2n) is 4.07. The Morgan fingerprint density at radius 2 is 1.76 bits per heavy atom. The maximum atomic E-state index is 12.5. The first-order valence-electron chi connectivity index (χ1n) is 5.35. The van der Waals surface area contributed by atoms with Crippen LogP contribution in [0.3, 0.4) is 0 Å². The zero-order valence-electron chi connectivity index (χ0n) is 9.27. The average molecular weight is 260 g/mol. The van der Waals surface area contributed by atoms with Crippen LogP contribution in [0.2, 0.25) is 5.02 Å². The summed E-state index contributed by atoms with van der Waals surface area (Å²) in [6.07, 6.45) is 0. The largest absolute Gasteiger partial charge is 0.376 e. The molecule has 0 saturated heterocycles. The molecule has 2 aromatic carbocycles. The molecular weight excluding hydrogens is 250 g/mol. The van der Waals surface area contributed by atoms with Crippen LogP contribution in [0.1, 0.15) is 0 Å². The van der Waals surface area contributed by atoms with Crippen LogP contribution in [0.15, 0.2) is 42.5 Å². The molecule has 0 N–H and O–H groups in total. The molecule has 84 valence electrons. The van der Waals surface area contributed by atoms with Crippen molar-refractivity contribution in [2.75, 3.05) is 0 Å².